The highest BCUT2D eigenvalue weighted by Crippen LogP contribution is 2.21. The molecule has 0 unspecified atom stereocenters. The van der Waals surface area contributed by atoms with Crippen LogP contribution in [0.4, 0.5) is 0 Å². The van der Waals surface area contributed by atoms with Gasteiger partial charge in [-0.25, -0.2) is 13.2 Å². The summed E-state index contributed by atoms with van der Waals surface area (Å²) in [6.07, 6.45) is 1.03. The van der Waals surface area contributed by atoms with E-state index >= 15 is 0 Å². The molecule has 1 aliphatic heterocycles. The Balaban J connectivity index is 1.41. The van der Waals surface area contributed by atoms with E-state index in [-0.39, 0.29) is 42.6 Å². The molecule has 0 aromatic heterocycles. The summed E-state index contributed by atoms with van der Waals surface area (Å²) in [6.45, 7) is 2.37. The molecule has 4 rings (SSSR count). The number of piperidine rings is 1. The van der Waals surface area contributed by atoms with Crippen molar-refractivity contribution < 1.29 is 27.9 Å². The number of likely N-dealkylation sites (tertiary alicyclic amines) is 1. The van der Waals surface area contributed by atoms with Crippen molar-refractivity contribution in [2.45, 2.75) is 49.6 Å². The minimum absolute atomic E-state index is 0.0767. The summed E-state index contributed by atoms with van der Waals surface area (Å²) < 4.78 is 29.0. The van der Waals surface area contributed by atoms with Crippen LogP contribution in [0.3, 0.4) is 0 Å². The van der Waals surface area contributed by atoms with Crippen LogP contribution in [0.1, 0.15) is 29.5 Å². The average molecular weight is 578 g/mol. The molecule has 3 aromatic rings. The van der Waals surface area contributed by atoms with Crippen molar-refractivity contribution in [1.29, 1.82) is 0 Å². The molecular formula is C31H35N3O6S. The van der Waals surface area contributed by atoms with Gasteiger partial charge in [0.1, 0.15) is 12.1 Å². The van der Waals surface area contributed by atoms with Gasteiger partial charge < -0.3 is 15.3 Å². The largest absolute Gasteiger partial charge is 0.480 e. The molecule has 9 nitrogen and oxygen atoms in total. The Bertz CT molecular complexity index is 1440. The van der Waals surface area contributed by atoms with Gasteiger partial charge in [0.05, 0.1) is 4.90 Å². The summed E-state index contributed by atoms with van der Waals surface area (Å²) in [6, 6.07) is 22.6. The first kappa shape index (κ1) is 30.0. The van der Waals surface area contributed by atoms with Gasteiger partial charge in [-0.1, -0.05) is 78.4 Å². The number of amides is 2. The maximum absolute atomic E-state index is 13.6. The van der Waals surface area contributed by atoms with Crippen molar-refractivity contribution >= 4 is 27.8 Å². The first-order chi connectivity index (χ1) is 19.6. The number of sulfonamides is 1. The lowest BCUT2D eigenvalue weighted by Gasteiger charge is -2.34. The number of hydrogen-bond donors (Lipinski definition) is 3. The fraction of sp³-hybridized carbons (Fsp3) is 0.323. The van der Waals surface area contributed by atoms with Crippen LogP contribution in [-0.2, 0) is 37.2 Å². The minimum atomic E-state index is -3.97. The van der Waals surface area contributed by atoms with Crippen LogP contribution < -0.4 is 10.0 Å². The highest BCUT2D eigenvalue weighted by atomic mass is 32.2. The highest BCUT2D eigenvalue weighted by molar-refractivity contribution is 7.89. The molecule has 1 heterocycles. The van der Waals surface area contributed by atoms with Gasteiger partial charge in [-0.3, -0.25) is 9.59 Å². The zero-order chi connectivity index (χ0) is 29.4. The maximum atomic E-state index is 13.6. The number of carboxylic acid groups (broad SMARTS) is 1. The lowest BCUT2D eigenvalue weighted by atomic mass is 9.94. The Kier molecular flexibility index (Phi) is 9.91. The summed E-state index contributed by atoms with van der Waals surface area (Å²) in [5, 5.41) is 12.3. The highest BCUT2D eigenvalue weighted by Gasteiger charge is 2.34. The fourth-order valence-electron chi connectivity index (χ4n) is 4.92. The average Bonchev–Trinajstić information content (AvgIpc) is 2.97. The molecule has 1 aliphatic rings. The Morgan fingerprint density at radius 2 is 1.34 bits per heavy atom. The van der Waals surface area contributed by atoms with E-state index in [0.717, 1.165) is 16.7 Å². The summed E-state index contributed by atoms with van der Waals surface area (Å²) in [4.78, 5) is 40.0. The second kappa shape index (κ2) is 13.6. The van der Waals surface area contributed by atoms with Crippen LogP contribution in [0.25, 0.3) is 0 Å². The molecule has 2 atom stereocenters. The van der Waals surface area contributed by atoms with Gasteiger partial charge in [0.15, 0.2) is 0 Å². The van der Waals surface area contributed by atoms with Gasteiger partial charge in [-0.05, 0) is 49.4 Å². The second-order valence-electron chi connectivity index (χ2n) is 10.4. The number of nitrogens with zero attached hydrogens (tertiary/aromatic N) is 1. The van der Waals surface area contributed by atoms with Crippen molar-refractivity contribution in [3.05, 3.63) is 102 Å². The molecule has 2 amide bonds. The molecule has 1 saturated heterocycles. The van der Waals surface area contributed by atoms with Crippen LogP contribution >= 0.6 is 0 Å². The topological polar surface area (TPSA) is 133 Å². The molecule has 10 heteroatoms. The van der Waals surface area contributed by atoms with E-state index in [0.29, 0.717) is 12.8 Å². The molecule has 0 saturated carbocycles. The standard InChI is InChI=1S/C31H35N3O6S/c1-22-12-14-26(15-13-22)41(39,40)33-27(20-23-8-4-2-5-9-23)30(36)34-18-16-25(17-19-34)29(35)32-28(31(37)38)21-24-10-6-3-7-11-24/h2-15,25,27-28,33H,16-21H2,1H3,(H,32,35)(H,37,38)/t27-,28-/m0/s1. The lowest BCUT2D eigenvalue weighted by Crippen LogP contribution is -2.53. The number of hydrogen-bond acceptors (Lipinski definition) is 5. The number of benzene rings is 3. The summed E-state index contributed by atoms with van der Waals surface area (Å²) in [5.41, 5.74) is 2.53. The Morgan fingerprint density at radius 1 is 0.829 bits per heavy atom. The third kappa shape index (κ3) is 8.25. The fourth-order valence-corrected chi connectivity index (χ4v) is 6.11. The maximum Gasteiger partial charge on any atom is 0.326 e. The Hall–Kier alpha value is -4.02. The van der Waals surface area contributed by atoms with Crippen LogP contribution in [0.15, 0.2) is 89.8 Å². The number of aliphatic carboxylic acids is 1. The number of carbonyl (C=O) groups excluding carboxylic acids is 2. The number of nitrogens with one attached hydrogen (secondary N) is 2. The molecule has 0 bridgehead atoms. The molecule has 0 spiro atoms. The van der Waals surface area contributed by atoms with Gasteiger partial charge in [0.2, 0.25) is 21.8 Å². The molecule has 0 aliphatic carbocycles. The van der Waals surface area contributed by atoms with Gasteiger partial charge in [0, 0.05) is 25.4 Å². The van der Waals surface area contributed by atoms with Crippen molar-refractivity contribution in [1.82, 2.24) is 14.9 Å². The van der Waals surface area contributed by atoms with Crippen LogP contribution in [0.2, 0.25) is 0 Å². The number of rotatable bonds is 11. The second-order valence-corrected chi connectivity index (χ2v) is 12.1. The molecule has 0 radical (unpaired) electrons. The minimum Gasteiger partial charge on any atom is -0.480 e. The first-order valence-electron chi connectivity index (χ1n) is 13.6. The SMILES string of the molecule is Cc1ccc(S(=O)(=O)N[C@@H](Cc2ccccc2)C(=O)N2CCC(C(=O)N[C@@H](Cc3ccccc3)C(=O)O)CC2)cc1. The van der Waals surface area contributed by atoms with Gasteiger partial charge in [0.25, 0.3) is 0 Å². The van der Waals surface area contributed by atoms with Crippen LogP contribution in [0.5, 0.6) is 0 Å². The zero-order valence-corrected chi connectivity index (χ0v) is 23.7. The Morgan fingerprint density at radius 3 is 1.85 bits per heavy atom. The van der Waals surface area contributed by atoms with E-state index in [1.807, 2.05) is 67.6 Å². The van der Waals surface area contributed by atoms with E-state index < -0.39 is 34.0 Å². The van der Waals surface area contributed by atoms with E-state index in [2.05, 4.69) is 10.0 Å². The number of carbonyl (C=O) groups is 3. The molecule has 41 heavy (non-hydrogen) atoms. The van der Waals surface area contributed by atoms with Gasteiger partial charge >= 0.3 is 5.97 Å². The zero-order valence-electron chi connectivity index (χ0n) is 22.9. The molecule has 3 N–H and O–H groups in total. The molecule has 1 fully saturated rings. The van der Waals surface area contributed by atoms with Crippen molar-refractivity contribution in [3.63, 3.8) is 0 Å². The van der Waals surface area contributed by atoms with Crippen molar-refractivity contribution in [3.8, 4) is 0 Å². The van der Waals surface area contributed by atoms with E-state index in [4.69, 9.17) is 0 Å². The summed E-state index contributed by atoms with van der Waals surface area (Å²) >= 11 is 0. The smallest absolute Gasteiger partial charge is 0.326 e. The van der Waals surface area contributed by atoms with E-state index in [9.17, 15) is 27.9 Å². The quantitative estimate of drug-likeness (QED) is 0.321. The Labute approximate surface area is 240 Å². The van der Waals surface area contributed by atoms with Gasteiger partial charge in [-0.15, -0.1) is 0 Å². The first-order valence-corrected chi connectivity index (χ1v) is 15.1. The third-order valence-electron chi connectivity index (χ3n) is 7.28. The van der Waals surface area contributed by atoms with Crippen LogP contribution in [0, 0.1) is 12.8 Å². The van der Waals surface area contributed by atoms with Gasteiger partial charge in [-0.2, -0.15) is 4.72 Å². The molecule has 216 valence electrons. The van der Waals surface area contributed by atoms with Crippen LogP contribution in [-0.4, -0.2) is 61.4 Å². The van der Waals surface area contributed by atoms with Crippen molar-refractivity contribution in [2.75, 3.05) is 13.1 Å². The normalized spacial score (nSPS) is 15.6. The summed E-state index contributed by atoms with van der Waals surface area (Å²) in [7, 11) is -3.97. The molecule has 3 aromatic carbocycles. The van der Waals surface area contributed by atoms with E-state index in [1.54, 1.807) is 17.0 Å². The van der Waals surface area contributed by atoms with E-state index in [1.165, 1.54) is 12.1 Å². The number of carboxylic acids is 1. The number of aryl methyl sites for hydroxylation is 1. The molecular weight excluding hydrogens is 542 g/mol. The predicted octanol–water partition coefficient (Wildman–Crippen LogP) is 2.94. The summed E-state index contributed by atoms with van der Waals surface area (Å²) in [5.74, 6) is -2.29. The van der Waals surface area contributed by atoms with Crippen molar-refractivity contribution in [2.24, 2.45) is 5.92 Å². The lowest BCUT2D eigenvalue weighted by molar-refractivity contribution is -0.143. The monoisotopic (exact) mass is 577 g/mol. The third-order valence-corrected chi connectivity index (χ3v) is 8.77. The predicted molar refractivity (Wildman–Crippen MR) is 154 cm³/mol.